The summed E-state index contributed by atoms with van der Waals surface area (Å²) in [7, 11) is 1.35. The van der Waals surface area contributed by atoms with E-state index in [0.29, 0.717) is 6.54 Å². The average Bonchev–Trinajstić information content (AvgIpc) is 2.45. The molecule has 0 fully saturated rings. The summed E-state index contributed by atoms with van der Waals surface area (Å²) in [5.41, 5.74) is 0.970. The van der Waals surface area contributed by atoms with Crippen molar-refractivity contribution in [2.75, 3.05) is 13.7 Å². The number of ether oxygens (including phenoxy) is 1. The van der Waals surface area contributed by atoms with Gasteiger partial charge < -0.3 is 9.64 Å². The highest BCUT2D eigenvalue weighted by molar-refractivity contribution is 5.92. The summed E-state index contributed by atoms with van der Waals surface area (Å²) in [5, 5.41) is 0. The molecule has 0 heterocycles. The minimum Gasteiger partial charge on any atom is -0.469 e. The zero-order chi connectivity index (χ0) is 15.0. The van der Waals surface area contributed by atoms with Crippen molar-refractivity contribution >= 4 is 18.0 Å². The lowest BCUT2D eigenvalue weighted by Gasteiger charge is -2.25. The Morgan fingerprint density at radius 3 is 2.45 bits per heavy atom. The molecule has 0 saturated carbocycles. The molecule has 20 heavy (non-hydrogen) atoms. The van der Waals surface area contributed by atoms with Crippen LogP contribution in [0.1, 0.15) is 25.8 Å². The van der Waals surface area contributed by atoms with Crippen LogP contribution in [-0.2, 0) is 14.3 Å². The highest BCUT2D eigenvalue weighted by Crippen LogP contribution is 2.06. The molecule has 0 saturated heterocycles. The number of hydrogen-bond donors (Lipinski definition) is 0. The Kier molecular flexibility index (Phi) is 6.50. The molecule has 1 aromatic carbocycles. The molecular formula is C16H21NO3. The van der Waals surface area contributed by atoms with Crippen molar-refractivity contribution in [2.24, 2.45) is 0 Å². The van der Waals surface area contributed by atoms with Crippen molar-refractivity contribution < 1.29 is 14.3 Å². The molecule has 0 radical (unpaired) electrons. The van der Waals surface area contributed by atoms with Crippen LogP contribution in [0.15, 0.2) is 36.4 Å². The summed E-state index contributed by atoms with van der Waals surface area (Å²) >= 11 is 0. The highest BCUT2D eigenvalue weighted by Gasteiger charge is 2.15. The number of nitrogens with zero attached hydrogens (tertiary/aromatic N) is 1. The van der Waals surface area contributed by atoms with Crippen LogP contribution in [0.2, 0.25) is 0 Å². The molecule has 1 aromatic rings. The Hall–Kier alpha value is -2.10. The average molecular weight is 275 g/mol. The number of hydrogen-bond acceptors (Lipinski definition) is 3. The molecule has 0 spiro atoms. The third-order valence-electron chi connectivity index (χ3n) is 2.91. The van der Waals surface area contributed by atoms with Gasteiger partial charge in [-0.1, -0.05) is 30.3 Å². The molecule has 1 rings (SSSR count). The minimum atomic E-state index is -0.310. The maximum atomic E-state index is 12.1. The highest BCUT2D eigenvalue weighted by atomic mass is 16.5. The van der Waals surface area contributed by atoms with Gasteiger partial charge in [-0.2, -0.15) is 0 Å². The largest absolute Gasteiger partial charge is 0.469 e. The number of benzene rings is 1. The molecule has 0 aromatic heterocycles. The van der Waals surface area contributed by atoms with Gasteiger partial charge in [0.15, 0.2) is 0 Å². The van der Waals surface area contributed by atoms with Crippen LogP contribution < -0.4 is 0 Å². The van der Waals surface area contributed by atoms with Crippen LogP contribution in [0.5, 0.6) is 0 Å². The topological polar surface area (TPSA) is 46.6 Å². The molecule has 0 bridgehead atoms. The fourth-order valence-corrected chi connectivity index (χ4v) is 1.76. The molecule has 108 valence electrons. The monoisotopic (exact) mass is 275 g/mol. The first-order valence-corrected chi connectivity index (χ1v) is 6.65. The van der Waals surface area contributed by atoms with Crippen LogP contribution in [0, 0.1) is 0 Å². The zero-order valence-corrected chi connectivity index (χ0v) is 12.2. The second kappa shape index (κ2) is 8.15. The fraction of sp³-hybridized carbons (Fsp3) is 0.375. The Morgan fingerprint density at radius 2 is 1.90 bits per heavy atom. The van der Waals surface area contributed by atoms with E-state index in [1.807, 2.05) is 44.2 Å². The number of esters is 1. The molecule has 0 atom stereocenters. The normalized spacial score (nSPS) is 10.8. The number of amides is 1. The van der Waals surface area contributed by atoms with E-state index in [4.69, 9.17) is 0 Å². The summed E-state index contributed by atoms with van der Waals surface area (Å²) in [5.74, 6) is -0.414. The number of carbonyl (C=O) groups excluding carboxylic acids is 2. The van der Waals surface area contributed by atoms with Gasteiger partial charge >= 0.3 is 5.97 Å². The van der Waals surface area contributed by atoms with Crippen molar-refractivity contribution in [3.05, 3.63) is 42.0 Å². The van der Waals surface area contributed by atoms with E-state index in [2.05, 4.69) is 4.74 Å². The molecule has 0 aliphatic heterocycles. The lowest BCUT2D eigenvalue weighted by molar-refractivity contribution is -0.141. The Labute approximate surface area is 120 Å². The first kappa shape index (κ1) is 16.0. The molecule has 4 heteroatoms. The van der Waals surface area contributed by atoms with Crippen molar-refractivity contribution in [3.8, 4) is 0 Å². The number of carbonyl (C=O) groups is 2. The fourth-order valence-electron chi connectivity index (χ4n) is 1.76. The van der Waals surface area contributed by atoms with Gasteiger partial charge in [0.1, 0.15) is 0 Å². The molecule has 0 unspecified atom stereocenters. The maximum Gasteiger partial charge on any atom is 0.307 e. The lowest BCUT2D eigenvalue weighted by Crippen LogP contribution is -2.37. The van der Waals surface area contributed by atoms with E-state index < -0.39 is 0 Å². The van der Waals surface area contributed by atoms with E-state index >= 15 is 0 Å². The summed E-state index contributed by atoms with van der Waals surface area (Å²) in [6.07, 6.45) is 3.52. The zero-order valence-electron chi connectivity index (χ0n) is 12.2. The van der Waals surface area contributed by atoms with Crippen LogP contribution in [0.25, 0.3) is 6.08 Å². The molecular weight excluding hydrogens is 254 g/mol. The lowest BCUT2D eigenvalue weighted by atomic mass is 10.2. The second-order valence-electron chi connectivity index (χ2n) is 4.70. The Balaban J connectivity index is 2.65. The predicted octanol–water partition coefficient (Wildman–Crippen LogP) is 2.50. The van der Waals surface area contributed by atoms with E-state index in [0.717, 1.165) is 5.56 Å². The van der Waals surface area contributed by atoms with Crippen molar-refractivity contribution in [3.63, 3.8) is 0 Å². The Bertz CT molecular complexity index is 466. The third kappa shape index (κ3) is 5.26. The molecule has 4 nitrogen and oxygen atoms in total. The van der Waals surface area contributed by atoms with E-state index in [1.54, 1.807) is 11.0 Å². The summed E-state index contributed by atoms with van der Waals surface area (Å²) in [6.45, 7) is 4.21. The summed E-state index contributed by atoms with van der Waals surface area (Å²) in [6, 6.07) is 9.65. The standard InChI is InChI=1S/C16H21NO3/c1-13(2)17(12-11-16(19)20-3)15(18)10-9-14-7-5-4-6-8-14/h4-10,13H,11-12H2,1-3H3/b10-9+. The Morgan fingerprint density at radius 1 is 1.25 bits per heavy atom. The second-order valence-corrected chi connectivity index (χ2v) is 4.70. The van der Waals surface area contributed by atoms with Gasteiger partial charge in [-0.05, 0) is 25.5 Å². The minimum absolute atomic E-state index is 0.0348. The molecule has 0 aliphatic carbocycles. The van der Waals surface area contributed by atoms with E-state index in [-0.39, 0.29) is 24.3 Å². The van der Waals surface area contributed by atoms with E-state index in [1.165, 1.54) is 13.2 Å². The molecule has 0 aliphatic rings. The number of rotatable bonds is 6. The first-order chi connectivity index (χ1) is 9.54. The van der Waals surface area contributed by atoms with Gasteiger partial charge in [0.05, 0.1) is 13.5 Å². The quantitative estimate of drug-likeness (QED) is 0.592. The smallest absolute Gasteiger partial charge is 0.307 e. The van der Waals surface area contributed by atoms with Gasteiger partial charge in [0.25, 0.3) is 0 Å². The van der Waals surface area contributed by atoms with Crippen LogP contribution in [-0.4, -0.2) is 36.5 Å². The van der Waals surface area contributed by atoms with Gasteiger partial charge in [-0.25, -0.2) is 0 Å². The molecule has 0 N–H and O–H groups in total. The van der Waals surface area contributed by atoms with Gasteiger partial charge in [0.2, 0.25) is 5.91 Å². The number of methoxy groups -OCH3 is 1. The summed E-state index contributed by atoms with van der Waals surface area (Å²) in [4.78, 5) is 25.0. The van der Waals surface area contributed by atoms with Crippen molar-refractivity contribution in [1.82, 2.24) is 4.90 Å². The van der Waals surface area contributed by atoms with Gasteiger partial charge in [-0.3, -0.25) is 9.59 Å². The summed E-state index contributed by atoms with van der Waals surface area (Å²) < 4.78 is 4.59. The van der Waals surface area contributed by atoms with Crippen LogP contribution in [0.4, 0.5) is 0 Å². The predicted molar refractivity (Wildman–Crippen MR) is 79.0 cm³/mol. The first-order valence-electron chi connectivity index (χ1n) is 6.65. The van der Waals surface area contributed by atoms with Crippen molar-refractivity contribution in [1.29, 1.82) is 0 Å². The SMILES string of the molecule is COC(=O)CCN(C(=O)/C=C/c1ccccc1)C(C)C. The van der Waals surface area contributed by atoms with Crippen LogP contribution in [0.3, 0.4) is 0 Å². The van der Waals surface area contributed by atoms with E-state index in [9.17, 15) is 9.59 Å². The van der Waals surface area contributed by atoms with Crippen molar-refractivity contribution in [2.45, 2.75) is 26.3 Å². The van der Waals surface area contributed by atoms with Gasteiger partial charge in [0, 0.05) is 18.7 Å². The van der Waals surface area contributed by atoms with Crippen LogP contribution >= 0.6 is 0 Å². The third-order valence-corrected chi connectivity index (χ3v) is 2.91. The van der Waals surface area contributed by atoms with Gasteiger partial charge in [-0.15, -0.1) is 0 Å². The molecule has 1 amide bonds. The maximum absolute atomic E-state index is 12.1.